The van der Waals surface area contributed by atoms with Crippen molar-refractivity contribution >= 4 is 6.08 Å². The molecule has 0 aliphatic carbocycles. The fourth-order valence-electron chi connectivity index (χ4n) is 1.50. The number of hydrogen-bond donors (Lipinski definition) is 0. The van der Waals surface area contributed by atoms with Crippen molar-refractivity contribution < 1.29 is 14.1 Å². The lowest BCUT2D eigenvalue weighted by atomic mass is 10.1. The molecular weight excluding hydrogens is 263 g/mol. The number of benzene rings is 1. The van der Waals surface area contributed by atoms with Crippen molar-refractivity contribution in [2.24, 2.45) is 0 Å². The Labute approximate surface area is 114 Å². The lowest BCUT2D eigenvalue weighted by Crippen LogP contribution is -1.98. The van der Waals surface area contributed by atoms with Crippen molar-refractivity contribution in [1.29, 1.82) is 0 Å². The normalized spacial score (nSPS) is 10.7. The van der Waals surface area contributed by atoms with E-state index in [0.717, 1.165) is 11.8 Å². The Balaban J connectivity index is 1.95. The number of nitro groups is 1. The van der Waals surface area contributed by atoms with Gasteiger partial charge >= 0.3 is 0 Å². The molecule has 0 bridgehead atoms. The molecule has 0 aliphatic rings. The first-order valence-corrected chi connectivity index (χ1v) is 5.79. The fraction of sp³-hybridized carbons (Fsp3) is 0.0714. The first-order valence-electron chi connectivity index (χ1n) is 5.79. The van der Waals surface area contributed by atoms with E-state index in [9.17, 15) is 14.5 Å². The standard InChI is InChI=1S/C14H11FN2O3/c15-13-2-1-3-14(16-13)20-10-12-6-4-11(5-7-12)8-9-17(18)19/h1-9H,10H2. The highest BCUT2D eigenvalue weighted by Gasteiger charge is 1.99. The van der Waals surface area contributed by atoms with Crippen molar-refractivity contribution in [2.75, 3.05) is 0 Å². The molecule has 0 aliphatic heterocycles. The summed E-state index contributed by atoms with van der Waals surface area (Å²) in [7, 11) is 0. The molecule has 0 unspecified atom stereocenters. The van der Waals surface area contributed by atoms with Crippen molar-refractivity contribution in [3.8, 4) is 5.88 Å². The summed E-state index contributed by atoms with van der Waals surface area (Å²) in [5.41, 5.74) is 1.57. The highest BCUT2D eigenvalue weighted by atomic mass is 19.1. The van der Waals surface area contributed by atoms with E-state index in [1.807, 2.05) is 0 Å². The van der Waals surface area contributed by atoms with Crippen molar-refractivity contribution in [1.82, 2.24) is 4.98 Å². The fourth-order valence-corrected chi connectivity index (χ4v) is 1.50. The van der Waals surface area contributed by atoms with Crippen LogP contribution in [-0.4, -0.2) is 9.91 Å². The van der Waals surface area contributed by atoms with Crippen LogP contribution in [0.25, 0.3) is 6.08 Å². The van der Waals surface area contributed by atoms with Crippen LogP contribution in [-0.2, 0) is 6.61 Å². The summed E-state index contributed by atoms with van der Waals surface area (Å²) in [5, 5.41) is 10.2. The molecule has 0 atom stereocenters. The van der Waals surface area contributed by atoms with Gasteiger partial charge in [-0.1, -0.05) is 30.3 Å². The Hall–Kier alpha value is -2.76. The third kappa shape index (κ3) is 4.16. The molecule has 1 heterocycles. The van der Waals surface area contributed by atoms with Gasteiger partial charge in [-0.2, -0.15) is 9.37 Å². The van der Waals surface area contributed by atoms with Gasteiger partial charge in [-0.15, -0.1) is 0 Å². The van der Waals surface area contributed by atoms with Gasteiger partial charge in [0.1, 0.15) is 6.61 Å². The lowest BCUT2D eigenvalue weighted by Gasteiger charge is -2.05. The summed E-state index contributed by atoms with van der Waals surface area (Å²) in [5.74, 6) is -0.384. The molecular formula is C14H11FN2O3. The van der Waals surface area contributed by atoms with Gasteiger partial charge in [0.15, 0.2) is 0 Å². The van der Waals surface area contributed by atoms with Crippen LogP contribution < -0.4 is 4.74 Å². The molecule has 2 aromatic rings. The molecule has 0 N–H and O–H groups in total. The molecule has 0 amide bonds. The number of hydrogen-bond acceptors (Lipinski definition) is 4. The summed E-state index contributed by atoms with van der Waals surface area (Å²) in [4.78, 5) is 13.2. The zero-order valence-electron chi connectivity index (χ0n) is 10.4. The number of ether oxygens (including phenoxy) is 1. The minimum atomic E-state index is -0.595. The number of halogens is 1. The van der Waals surface area contributed by atoms with Crippen molar-refractivity contribution in [3.63, 3.8) is 0 Å². The Morgan fingerprint density at radius 3 is 2.65 bits per heavy atom. The van der Waals surface area contributed by atoms with Gasteiger partial charge < -0.3 is 4.74 Å². The molecule has 1 aromatic carbocycles. The second-order valence-electron chi connectivity index (χ2n) is 3.93. The van der Waals surface area contributed by atoms with E-state index < -0.39 is 10.9 Å². The van der Waals surface area contributed by atoms with Gasteiger partial charge in [0.05, 0.1) is 4.92 Å². The third-order valence-corrected chi connectivity index (χ3v) is 2.44. The number of rotatable bonds is 5. The molecule has 0 saturated carbocycles. The number of aromatic nitrogens is 1. The summed E-state index contributed by atoms with van der Waals surface area (Å²) in [6.45, 7) is 0.246. The van der Waals surface area contributed by atoms with Gasteiger partial charge in [-0.3, -0.25) is 10.1 Å². The first kappa shape index (κ1) is 13.7. The maximum atomic E-state index is 12.8. The van der Waals surface area contributed by atoms with E-state index in [1.165, 1.54) is 18.2 Å². The number of pyridine rings is 1. The van der Waals surface area contributed by atoms with Gasteiger partial charge in [-0.05, 0) is 17.2 Å². The second-order valence-corrected chi connectivity index (χ2v) is 3.93. The van der Waals surface area contributed by atoms with Gasteiger partial charge in [0.25, 0.3) is 0 Å². The predicted molar refractivity (Wildman–Crippen MR) is 71.0 cm³/mol. The van der Waals surface area contributed by atoms with E-state index in [-0.39, 0.29) is 12.5 Å². The second kappa shape index (κ2) is 6.42. The van der Waals surface area contributed by atoms with Gasteiger partial charge in [0.2, 0.25) is 18.0 Å². The molecule has 0 radical (unpaired) electrons. The molecule has 20 heavy (non-hydrogen) atoms. The molecule has 2 rings (SSSR count). The zero-order valence-corrected chi connectivity index (χ0v) is 10.4. The van der Waals surface area contributed by atoms with E-state index in [4.69, 9.17) is 4.74 Å². The topological polar surface area (TPSA) is 65.3 Å². The van der Waals surface area contributed by atoms with Crippen LogP contribution in [0, 0.1) is 16.1 Å². The van der Waals surface area contributed by atoms with Crippen LogP contribution in [0.5, 0.6) is 5.88 Å². The largest absolute Gasteiger partial charge is 0.473 e. The zero-order chi connectivity index (χ0) is 14.4. The Bertz CT molecular complexity index is 627. The lowest BCUT2D eigenvalue weighted by molar-refractivity contribution is -0.400. The van der Waals surface area contributed by atoms with Crippen LogP contribution in [0.4, 0.5) is 4.39 Å². The summed E-state index contributed by atoms with van der Waals surface area (Å²) in [6.07, 6.45) is 2.28. The average Bonchev–Trinajstić information content (AvgIpc) is 2.44. The van der Waals surface area contributed by atoms with Crippen LogP contribution in [0.1, 0.15) is 11.1 Å². The van der Waals surface area contributed by atoms with Gasteiger partial charge in [0, 0.05) is 12.1 Å². The van der Waals surface area contributed by atoms with Crippen molar-refractivity contribution in [2.45, 2.75) is 6.61 Å². The van der Waals surface area contributed by atoms with Crippen LogP contribution in [0.2, 0.25) is 0 Å². The SMILES string of the molecule is O=[N+]([O-])C=Cc1ccc(COc2cccc(F)n2)cc1. The molecule has 0 saturated heterocycles. The predicted octanol–water partition coefficient (Wildman–Crippen LogP) is 3.05. The quantitative estimate of drug-likeness (QED) is 0.477. The molecule has 0 fully saturated rings. The summed E-state index contributed by atoms with van der Waals surface area (Å²) in [6, 6.07) is 11.3. The van der Waals surface area contributed by atoms with E-state index in [1.54, 1.807) is 30.3 Å². The highest BCUT2D eigenvalue weighted by Crippen LogP contribution is 2.11. The molecule has 1 aromatic heterocycles. The monoisotopic (exact) mass is 274 g/mol. The molecule has 0 spiro atoms. The highest BCUT2D eigenvalue weighted by molar-refractivity contribution is 5.48. The first-order chi connectivity index (χ1) is 9.63. The van der Waals surface area contributed by atoms with Gasteiger partial charge in [-0.25, -0.2) is 0 Å². The minimum Gasteiger partial charge on any atom is -0.473 e. The van der Waals surface area contributed by atoms with E-state index in [0.29, 0.717) is 5.56 Å². The average molecular weight is 274 g/mol. The minimum absolute atomic E-state index is 0.210. The smallest absolute Gasteiger partial charge is 0.235 e. The van der Waals surface area contributed by atoms with E-state index in [2.05, 4.69) is 4.98 Å². The Morgan fingerprint density at radius 2 is 2.00 bits per heavy atom. The number of nitrogens with zero attached hydrogens (tertiary/aromatic N) is 2. The van der Waals surface area contributed by atoms with Crippen LogP contribution in [0.15, 0.2) is 48.7 Å². The molecule has 6 heteroatoms. The Morgan fingerprint density at radius 1 is 1.25 bits per heavy atom. The maximum absolute atomic E-state index is 12.8. The maximum Gasteiger partial charge on any atom is 0.235 e. The molecule has 102 valence electrons. The van der Waals surface area contributed by atoms with Crippen LogP contribution in [0.3, 0.4) is 0 Å². The Kier molecular flexibility index (Phi) is 4.39. The van der Waals surface area contributed by atoms with Crippen LogP contribution >= 0.6 is 0 Å². The van der Waals surface area contributed by atoms with E-state index >= 15 is 0 Å². The third-order valence-electron chi connectivity index (χ3n) is 2.44. The van der Waals surface area contributed by atoms with Crippen molar-refractivity contribution in [3.05, 3.63) is 75.9 Å². The molecule has 5 nitrogen and oxygen atoms in total. The summed E-state index contributed by atoms with van der Waals surface area (Å²) < 4.78 is 18.2. The summed E-state index contributed by atoms with van der Waals surface area (Å²) >= 11 is 0.